The fraction of sp³-hybridized carbons (Fsp3) is 0.500. The Morgan fingerprint density at radius 1 is 1.47 bits per heavy atom. The minimum Gasteiger partial charge on any atom is -0.396 e. The van der Waals surface area contributed by atoms with Crippen LogP contribution in [0.3, 0.4) is 0 Å². The van der Waals surface area contributed by atoms with Gasteiger partial charge in [-0.05, 0) is 30.9 Å². The van der Waals surface area contributed by atoms with Crippen LogP contribution in [-0.4, -0.2) is 29.9 Å². The molecule has 2 N–H and O–H groups in total. The molecule has 19 heavy (non-hydrogen) atoms. The molecular formula is C14H20ClNO2S. The number of halogens is 1. The third-order valence-corrected chi connectivity index (χ3v) is 4.22. The van der Waals surface area contributed by atoms with Gasteiger partial charge in [-0.2, -0.15) is 0 Å². The lowest BCUT2D eigenvalue weighted by atomic mass is 10.1. The van der Waals surface area contributed by atoms with Crippen LogP contribution in [0.15, 0.2) is 29.2 Å². The molecule has 1 atom stereocenters. The van der Waals surface area contributed by atoms with E-state index in [4.69, 9.17) is 16.7 Å². The largest absolute Gasteiger partial charge is 0.396 e. The maximum Gasteiger partial charge on any atom is 0.230 e. The molecule has 1 aromatic rings. The molecule has 3 nitrogen and oxygen atoms in total. The summed E-state index contributed by atoms with van der Waals surface area (Å²) in [5.41, 5.74) is 0. The van der Waals surface area contributed by atoms with Crippen molar-refractivity contribution in [3.8, 4) is 0 Å². The quantitative estimate of drug-likeness (QED) is 0.573. The van der Waals surface area contributed by atoms with E-state index in [1.165, 1.54) is 11.8 Å². The van der Waals surface area contributed by atoms with Crippen molar-refractivity contribution in [1.82, 2.24) is 5.32 Å². The zero-order chi connectivity index (χ0) is 14.1. The molecule has 0 aromatic heterocycles. The van der Waals surface area contributed by atoms with Gasteiger partial charge in [0.2, 0.25) is 5.91 Å². The second kappa shape index (κ2) is 9.23. The first-order valence-electron chi connectivity index (χ1n) is 6.38. The van der Waals surface area contributed by atoms with E-state index in [-0.39, 0.29) is 12.5 Å². The molecule has 0 aliphatic carbocycles. The van der Waals surface area contributed by atoms with E-state index in [0.29, 0.717) is 23.2 Å². The molecule has 0 heterocycles. The summed E-state index contributed by atoms with van der Waals surface area (Å²) in [4.78, 5) is 12.5. The lowest BCUT2D eigenvalue weighted by Crippen LogP contribution is -2.26. The molecule has 0 saturated carbocycles. The third kappa shape index (κ3) is 6.85. The number of carbonyl (C=O) groups is 1. The van der Waals surface area contributed by atoms with Gasteiger partial charge in [-0.15, -0.1) is 11.8 Å². The van der Waals surface area contributed by atoms with Gasteiger partial charge in [0.05, 0.1) is 10.8 Å². The number of hydrogen-bond donors (Lipinski definition) is 2. The average Bonchev–Trinajstić information content (AvgIpc) is 2.42. The van der Waals surface area contributed by atoms with Crippen LogP contribution in [0.4, 0.5) is 0 Å². The number of nitrogens with one attached hydrogen (secondary N) is 1. The second-order valence-electron chi connectivity index (χ2n) is 4.50. The summed E-state index contributed by atoms with van der Waals surface area (Å²) in [6.07, 6.45) is 1.82. The van der Waals surface area contributed by atoms with Gasteiger partial charge in [-0.25, -0.2) is 0 Å². The Balaban J connectivity index is 2.16. The minimum atomic E-state index is 0.0153. The Morgan fingerprint density at radius 2 is 2.21 bits per heavy atom. The average molecular weight is 302 g/mol. The standard InChI is InChI=1S/C14H20ClNO2S/c1-11(9-17)5-4-8-16-14(18)10-19-13-7-3-2-6-12(13)15/h2-3,6-7,11,17H,4-5,8-10H2,1H3,(H,16,18). The van der Waals surface area contributed by atoms with Crippen LogP contribution in [-0.2, 0) is 4.79 Å². The van der Waals surface area contributed by atoms with Crippen LogP contribution in [0, 0.1) is 5.92 Å². The smallest absolute Gasteiger partial charge is 0.230 e. The van der Waals surface area contributed by atoms with Crippen LogP contribution in [0.1, 0.15) is 19.8 Å². The van der Waals surface area contributed by atoms with Crippen LogP contribution >= 0.6 is 23.4 Å². The number of carbonyl (C=O) groups excluding carboxylic acids is 1. The molecule has 1 unspecified atom stereocenters. The highest BCUT2D eigenvalue weighted by Gasteiger charge is 2.05. The number of hydrogen-bond acceptors (Lipinski definition) is 3. The van der Waals surface area contributed by atoms with Crippen LogP contribution in [0.5, 0.6) is 0 Å². The molecule has 1 aromatic carbocycles. The molecule has 0 aliphatic rings. The van der Waals surface area contributed by atoms with Gasteiger partial charge in [-0.3, -0.25) is 4.79 Å². The Bertz CT molecular complexity index is 401. The number of aliphatic hydroxyl groups is 1. The van der Waals surface area contributed by atoms with Crippen LogP contribution in [0.25, 0.3) is 0 Å². The highest BCUT2D eigenvalue weighted by atomic mass is 35.5. The van der Waals surface area contributed by atoms with E-state index in [1.807, 2.05) is 31.2 Å². The van der Waals surface area contributed by atoms with Gasteiger partial charge in [0.25, 0.3) is 0 Å². The summed E-state index contributed by atoms with van der Waals surface area (Å²) >= 11 is 7.45. The lowest BCUT2D eigenvalue weighted by Gasteiger charge is -2.08. The lowest BCUT2D eigenvalue weighted by molar-refractivity contribution is -0.118. The number of thioether (sulfide) groups is 1. The predicted octanol–water partition coefficient (Wildman–Crippen LogP) is 2.96. The van der Waals surface area contributed by atoms with Gasteiger partial charge in [0.15, 0.2) is 0 Å². The molecule has 0 radical (unpaired) electrons. The molecular weight excluding hydrogens is 282 g/mol. The van der Waals surface area contributed by atoms with Crippen molar-refractivity contribution in [2.75, 3.05) is 18.9 Å². The first-order chi connectivity index (χ1) is 9.13. The zero-order valence-corrected chi connectivity index (χ0v) is 12.6. The fourth-order valence-electron chi connectivity index (χ4n) is 1.53. The number of amides is 1. The SMILES string of the molecule is CC(CO)CCCNC(=O)CSc1ccccc1Cl. The Morgan fingerprint density at radius 3 is 2.89 bits per heavy atom. The van der Waals surface area contributed by atoms with Crippen molar-refractivity contribution < 1.29 is 9.90 Å². The van der Waals surface area contributed by atoms with Crippen molar-refractivity contribution in [2.24, 2.45) is 5.92 Å². The minimum absolute atomic E-state index is 0.0153. The van der Waals surface area contributed by atoms with Crippen molar-refractivity contribution in [1.29, 1.82) is 0 Å². The molecule has 0 bridgehead atoms. The number of benzene rings is 1. The highest BCUT2D eigenvalue weighted by Crippen LogP contribution is 2.26. The topological polar surface area (TPSA) is 49.3 Å². The summed E-state index contributed by atoms with van der Waals surface area (Å²) in [7, 11) is 0. The Labute approximate surface area is 123 Å². The first kappa shape index (κ1) is 16.3. The van der Waals surface area contributed by atoms with E-state index in [2.05, 4.69) is 5.32 Å². The Kier molecular flexibility index (Phi) is 7.94. The van der Waals surface area contributed by atoms with Crippen molar-refractivity contribution in [2.45, 2.75) is 24.7 Å². The number of aliphatic hydroxyl groups excluding tert-OH is 1. The third-order valence-electron chi connectivity index (χ3n) is 2.70. The molecule has 0 aliphatic heterocycles. The maximum absolute atomic E-state index is 11.6. The monoisotopic (exact) mass is 301 g/mol. The molecule has 0 saturated heterocycles. The van der Waals surface area contributed by atoms with Crippen LogP contribution in [0.2, 0.25) is 5.02 Å². The van der Waals surface area contributed by atoms with E-state index >= 15 is 0 Å². The summed E-state index contributed by atoms with van der Waals surface area (Å²) in [5, 5.41) is 12.4. The maximum atomic E-state index is 11.6. The summed E-state index contributed by atoms with van der Waals surface area (Å²) < 4.78 is 0. The molecule has 0 spiro atoms. The fourth-order valence-corrected chi connectivity index (χ4v) is 2.59. The van der Waals surface area contributed by atoms with Crippen molar-refractivity contribution in [3.63, 3.8) is 0 Å². The highest BCUT2D eigenvalue weighted by molar-refractivity contribution is 8.00. The van der Waals surface area contributed by atoms with E-state index in [0.717, 1.165) is 17.7 Å². The second-order valence-corrected chi connectivity index (χ2v) is 5.92. The first-order valence-corrected chi connectivity index (χ1v) is 7.74. The van der Waals surface area contributed by atoms with Gasteiger partial charge >= 0.3 is 0 Å². The normalized spacial score (nSPS) is 12.2. The van der Waals surface area contributed by atoms with Gasteiger partial charge in [0, 0.05) is 18.0 Å². The number of rotatable bonds is 8. The van der Waals surface area contributed by atoms with E-state index < -0.39 is 0 Å². The van der Waals surface area contributed by atoms with Crippen LogP contribution < -0.4 is 5.32 Å². The van der Waals surface area contributed by atoms with E-state index in [1.54, 1.807) is 0 Å². The summed E-state index contributed by atoms with van der Waals surface area (Å²) in [5.74, 6) is 0.690. The van der Waals surface area contributed by atoms with Gasteiger partial charge in [0.1, 0.15) is 0 Å². The summed E-state index contributed by atoms with van der Waals surface area (Å²) in [6.45, 7) is 2.86. The van der Waals surface area contributed by atoms with E-state index in [9.17, 15) is 4.79 Å². The molecule has 1 rings (SSSR count). The predicted molar refractivity (Wildman–Crippen MR) is 80.7 cm³/mol. The Hall–Kier alpha value is -0.710. The van der Waals surface area contributed by atoms with Gasteiger partial charge in [-0.1, -0.05) is 30.7 Å². The molecule has 106 valence electrons. The summed E-state index contributed by atoms with van der Waals surface area (Å²) in [6, 6.07) is 7.50. The van der Waals surface area contributed by atoms with Crippen molar-refractivity contribution in [3.05, 3.63) is 29.3 Å². The zero-order valence-electron chi connectivity index (χ0n) is 11.1. The molecule has 1 amide bonds. The molecule has 0 fully saturated rings. The van der Waals surface area contributed by atoms with Crippen molar-refractivity contribution >= 4 is 29.3 Å². The van der Waals surface area contributed by atoms with Gasteiger partial charge < -0.3 is 10.4 Å². The molecule has 5 heteroatoms.